The number of nitrogens with one attached hydrogen (secondary N) is 1. The van der Waals surface area contributed by atoms with Crippen LogP contribution in [0.3, 0.4) is 0 Å². The van der Waals surface area contributed by atoms with E-state index in [0.717, 1.165) is 19.6 Å². The number of hydrogen-bond donors (Lipinski definition) is 1. The van der Waals surface area contributed by atoms with Crippen LogP contribution in [-0.4, -0.2) is 19.3 Å². The minimum absolute atomic E-state index is 0.403. The number of ether oxygens (including phenoxy) is 1. The van der Waals surface area contributed by atoms with Crippen LogP contribution in [0.4, 0.5) is 0 Å². The van der Waals surface area contributed by atoms with Crippen LogP contribution in [0.25, 0.3) is 0 Å². The lowest BCUT2D eigenvalue weighted by Gasteiger charge is -2.30. The van der Waals surface area contributed by atoms with Crippen molar-refractivity contribution in [2.24, 2.45) is 5.92 Å². The molecule has 0 radical (unpaired) electrons. The predicted octanol–water partition coefficient (Wildman–Crippen LogP) is 4.08. The molecule has 0 saturated carbocycles. The van der Waals surface area contributed by atoms with E-state index in [2.05, 4.69) is 52.1 Å². The largest absolute Gasteiger partial charge is 0.378 e. The molecule has 112 valence electrons. The zero-order chi connectivity index (χ0) is 14.7. The van der Waals surface area contributed by atoms with Gasteiger partial charge in [0.05, 0.1) is 6.10 Å². The molecular formula is C18H29NO. The Labute approximate surface area is 123 Å². The molecule has 1 N–H and O–H groups in total. The van der Waals surface area contributed by atoms with Crippen molar-refractivity contribution in [1.29, 1.82) is 0 Å². The van der Waals surface area contributed by atoms with Crippen LogP contribution >= 0.6 is 0 Å². The maximum atomic E-state index is 5.92. The van der Waals surface area contributed by atoms with E-state index in [1.54, 1.807) is 0 Å². The molecule has 1 aliphatic rings. The summed E-state index contributed by atoms with van der Waals surface area (Å²) in [6.07, 6.45) is 2.68. The first-order valence-corrected chi connectivity index (χ1v) is 8.01. The fraction of sp³-hybridized carbons (Fsp3) is 0.667. The lowest BCUT2D eigenvalue weighted by molar-refractivity contribution is 0.0775. The van der Waals surface area contributed by atoms with Gasteiger partial charge in [0.2, 0.25) is 0 Å². The van der Waals surface area contributed by atoms with Gasteiger partial charge in [0.25, 0.3) is 0 Å². The second-order valence-electron chi connectivity index (χ2n) is 6.10. The van der Waals surface area contributed by atoms with Gasteiger partial charge in [-0.25, -0.2) is 0 Å². The van der Waals surface area contributed by atoms with Gasteiger partial charge in [0, 0.05) is 18.6 Å². The maximum Gasteiger partial charge on any atom is 0.0619 e. The van der Waals surface area contributed by atoms with E-state index in [-0.39, 0.29) is 0 Å². The van der Waals surface area contributed by atoms with Crippen molar-refractivity contribution in [1.82, 2.24) is 5.32 Å². The Bertz CT molecular complexity index is 455. The summed E-state index contributed by atoms with van der Waals surface area (Å²) in [5, 5.41) is 3.71. The lowest BCUT2D eigenvalue weighted by Crippen LogP contribution is -2.33. The Kier molecular flexibility index (Phi) is 5.22. The van der Waals surface area contributed by atoms with Crippen molar-refractivity contribution in [3.8, 4) is 0 Å². The van der Waals surface area contributed by atoms with E-state index in [1.807, 2.05) is 0 Å². The highest BCUT2D eigenvalue weighted by molar-refractivity contribution is 5.38. The van der Waals surface area contributed by atoms with Crippen molar-refractivity contribution >= 4 is 0 Å². The summed E-state index contributed by atoms with van der Waals surface area (Å²) in [6.45, 7) is 13.0. The van der Waals surface area contributed by atoms with Gasteiger partial charge < -0.3 is 10.1 Å². The first kappa shape index (κ1) is 15.5. The average Bonchev–Trinajstić information content (AvgIpc) is 2.88. The molecule has 1 saturated heterocycles. The van der Waals surface area contributed by atoms with Gasteiger partial charge in [-0.05, 0) is 62.4 Å². The highest BCUT2D eigenvalue weighted by Crippen LogP contribution is 2.36. The third-order valence-electron chi connectivity index (χ3n) is 4.73. The quantitative estimate of drug-likeness (QED) is 0.874. The molecule has 1 aromatic rings. The van der Waals surface area contributed by atoms with Crippen LogP contribution in [0, 0.1) is 26.7 Å². The lowest BCUT2D eigenvalue weighted by atomic mass is 9.83. The molecule has 0 aromatic heterocycles. The van der Waals surface area contributed by atoms with Crippen LogP contribution in [0.2, 0.25) is 0 Å². The smallest absolute Gasteiger partial charge is 0.0619 e. The number of benzene rings is 1. The summed E-state index contributed by atoms with van der Waals surface area (Å²) < 4.78 is 5.92. The van der Waals surface area contributed by atoms with E-state index < -0.39 is 0 Å². The van der Waals surface area contributed by atoms with Gasteiger partial charge in [0.1, 0.15) is 0 Å². The molecule has 0 spiro atoms. The van der Waals surface area contributed by atoms with Crippen LogP contribution in [-0.2, 0) is 4.74 Å². The molecule has 2 nitrogen and oxygen atoms in total. The third kappa shape index (κ3) is 3.07. The van der Waals surface area contributed by atoms with Gasteiger partial charge >= 0.3 is 0 Å². The molecule has 3 unspecified atom stereocenters. The molecule has 0 amide bonds. The summed E-state index contributed by atoms with van der Waals surface area (Å²) >= 11 is 0. The van der Waals surface area contributed by atoms with Crippen molar-refractivity contribution < 1.29 is 4.74 Å². The van der Waals surface area contributed by atoms with Crippen molar-refractivity contribution in [2.75, 3.05) is 13.2 Å². The highest BCUT2D eigenvalue weighted by Gasteiger charge is 2.34. The minimum atomic E-state index is 0.403. The molecule has 1 heterocycles. The zero-order valence-electron chi connectivity index (χ0n) is 13.6. The summed E-state index contributed by atoms with van der Waals surface area (Å²) in [5.74, 6) is 0.598. The van der Waals surface area contributed by atoms with E-state index in [4.69, 9.17) is 4.74 Å². The van der Waals surface area contributed by atoms with Crippen LogP contribution in [0.15, 0.2) is 12.1 Å². The Morgan fingerprint density at radius 1 is 1.15 bits per heavy atom. The van der Waals surface area contributed by atoms with E-state index in [9.17, 15) is 0 Å². The Balaban J connectivity index is 2.35. The summed E-state index contributed by atoms with van der Waals surface area (Å²) in [4.78, 5) is 0. The summed E-state index contributed by atoms with van der Waals surface area (Å²) in [7, 11) is 0. The summed E-state index contributed by atoms with van der Waals surface area (Å²) in [6, 6.07) is 5.13. The standard InChI is InChI=1S/C18H29NO/c1-6-17-15(8-9-20-17)18(19-7-2)16-11-13(4)12(3)10-14(16)5/h10-11,15,17-19H,6-9H2,1-5H3. The van der Waals surface area contributed by atoms with Crippen LogP contribution < -0.4 is 5.32 Å². The molecule has 1 fully saturated rings. The molecule has 2 heteroatoms. The predicted molar refractivity (Wildman–Crippen MR) is 85.2 cm³/mol. The molecule has 1 aliphatic heterocycles. The first-order valence-electron chi connectivity index (χ1n) is 8.01. The molecule has 3 atom stereocenters. The molecule has 0 aliphatic carbocycles. The number of hydrogen-bond acceptors (Lipinski definition) is 2. The van der Waals surface area contributed by atoms with Gasteiger partial charge in [0.15, 0.2) is 0 Å². The van der Waals surface area contributed by atoms with E-state index >= 15 is 0 Å². The van der Waals surface area contributed by atoms with Crippen LogP contribution in [0.5, 0.6) is 0 Å². The Hall–Kier alpha value is -0.860. The topological polar surface area (TPSA) is 21.3 Å². The van der Waals surface area contributed by atoms with Gasteiger partial charge in [-0.3, -0.25) is 0 Å². The number of rotatable bonds is 5. The normalized spacial score (nSPS) is 24.1. The Morgan fingerprint density at radius 2 is 1.85 bits per heavy atom. The van der Waals surface area contributed by atoms with Gasteiger partial charge in [-0.15, -0.1) is 0 Å². The second-order valence-corrected chi connectivity index (χ2v) is 6.10. The first-order chi connectivity index (χ1) is 9.58. The van der Waals surface area contributed by atoms with E-state index in [0.29, 0.717) is 18.1 Å². The molecule has 0 bridgehead atoms. The minimum Gasteiger partial charge on any atom is -0.378 e. The average molecular weight is 275 g/mol. The van der Waals surface area contributed by atoms with E-state index in [1.165, 1.54) is 28.7 Å². The summed E-state index contributed by atoms with van der Waals surface area (Å²) in [5.41, 5.74) is 5.64. The van der Waals surface area contributed by atoms with Gasteiger partial charge in [-0.1, -0.05) is 26.0 Å². The Morgan fingerprint density at radius 3 is 2.50 bits per heavy atom. The van der Waals surface area contributed by atoms with Crippen molar-refractivity contribution in [3.63, 3.8) is 0 Å². The molecular weight excluding hydrogens is 246 g/mol. The highest BCUT2D eigenvalue weighted by atomic mass is 16.5. The third-order valence-corrected chi connectivity index (χ3v) is 4.73. The molecule has 1 aromatic carbocycles. The monoisotopic (exact) mass is 275 g/mol. The number of aryl methyl sites for hydroxylation is 3. The fourth-order valence-electron chi connectivity index (χ4n) is 3.50. The second kappa shape index (κ2) is 6.73. The maximum absolute atomic E-state index is 5.92. The molecule has 20 heavy (non-hydrogen) atoms. The SMILES string of the molecule is CCNC(c1cc(C)c(C)cc1C)C1CCOC1CC. The van der Waals surface area contributed by atoms with Gasteiger partial charge in [-0.2, -0.15) is 0 Å². The van der Waals surface area contributed by atoms with Crippen molar-refractivity contribution in [2.45, 2.75) is 59.6 Å². The zero-order valence-corrected chi connectivity index (χ0v) is 13.6. The van der Waals surface area contributed by atoms with Crippen LogP contribution in [0.1, 0.15) is 55.0 Å². The van der Waals surface area contributed by atoms with Crippen molar-refractivity contribution in [3.05, 3.63) is 34.4 Å². The molecule has 2 rings (SSSR count). The fourth-order valence-corrected chi connectivity index (χ4v) is 3.50.